The van der Waals surface area contributed by atoms with E-state index < -0.39 is 32.3 Å². The summed E-state index contributed by atoms with van der Waals surface area (Å²) < 4.78 is 21.2. The normalized spacial score (nSPS) is 25.8. The zero-order valence-corrected chi connectivity index (χ0v) is 14.7. The molecule has 2 N–H and O–H groups in total. The third kappa shape index (κ3) is 5.09. The Morgan fingerprint density at radius 3 is 1.60 bits per heavy atom. The van der Waals surface area contributed by atoms with Gasteiger partial charge in [-0.3, -0.25) is 0 Å². The van der Waals surface area contributed by atoms with Crippen molar-refractivity contribution in [1.82, 2.24) is 9.80 Å². The molecule has 1 aliphatic heterocycles. The summed E-state index contributed by atoms with van der Waals surface area (Å²) in [7, 11) is 5.78. The lowest BCUT2D eigenvalue weighted by molar-refractivity contribution is -0.671. The first-order chi connectivity index (χ1) is 12.2. The van der Waals surface area contributed by atoms with Gasteiger partial charge in [-0.1, -0.05) is 0 Å². The van der Waals surface area contributed by atoms with Crippen molar-refractivity contribution in [3.05, 3.63) is 0 Å². The maximum atomic E-state index is 9.84. The Kier molecular flexibility index (Phi) is 9.39. The van der Waals surface area contributed by atoms with Crippen LogP contribution in [0.3, 0.4) is 0 Å². The van der Waals surface area contributed by atoms with Crippen molar-refractivity contribution < 1.29 is 33.7 Å². The standard InChI is InChI=1S/C13H25N6O6/c1-22-5-14-11-17(8-20)12(15-6-23-2)19(10-25-4)13(16-7-24-3)18(11)9-21/h5-7,10-13,20-21H,8-9H2,1-4H3/q+1. The minimum atomic E-state index is -0.825. The summed E-state index contributed by atoms with van der Waals surface area (Å²) in [5.74, 6) is 0. The van der Waals surface area contributed by atoms with Gasteiger partial charge >= 0.3 is 19.0 Å². The predicted molar refractivity (Wildman–Crippen MR) is 89.1 cm³/mol. The Morgan fingerprint density at radius 2 is 1.24 bits per heavy atom. The van der Waals surface area contributed by atoms with Gasteiger partial charge in [-0.15, -0.1) is 4.58 Å². The zero-order chi connectivity index (χ0) is 18.7. The number of hydrogen-bond donors (Lipinski definition) is 2. The van der Waals surface area contributed by atoms with Gasteiger partial charge in [-0.25, -0.2) is 4.99 Å². The van der Waals surface area contributed by atoms with Crippen LogP contribution in [0.5, 0.6) is 0 Å². The molecule has 0 aromatic carbocycles. The molecule has 12 nitrogen and oxygen atoms in total. The van der Waals surface area contributed by atoms with Crippen molar-refractivity contribution in [2.45, 2.75) is 18.9 Å². The van der Waals surface area contributed by atoms with E-state index in [0.29, 0.717) is 0 Å². The van der Waals surface area contributed by atoms with E-state index in [0.717, 1.165) is 0 Å². The van der Waals surface area contributed by atoms with E-state index in [9.17, 15) is 10.2 Å². The fourth-order valence-corrected chi connectivity index (χ4v) is 2.26. The highest BCUT2D eigenvalue weighted by atomic mass is 16.5. The molecule has 142 valence electrons. The van der Waals surface area contributed by atoms with E-state index in [4.69, 9.17) is 18.9 Å². The van der Waals surface area contributed by atoms with E-state index >= 15 is 0 Å². The quantitative estimate of drug-likeness (QED) is 0.276. The summed E-state index contributed by atoms with van der Waals surface area (Å²) >= 11 is 0. The van der Waals surface area contributed by atoms with Crippen molar-refractivity contribution >= 4 is 25.6 Å². The molecule has 0 radical (unpaired) electrons. The molecule has 0 aromatic rings. The third-order valence-corrected chi connectivity index (χ3v) is 3.17. The van der Waals surface area contributed by atoms with E-state index in [1.54, 1.807) is 0 Å². The van der Waals surface area contributed by atoms with Crippen LogP contribution in [0.2, 0.25) is 0 Å². The minimum Gasteiger partial charge on any atom is -0.487 e. The molecule has 0 bridgehead atoms. The molecule has 2 atom stereocenters. The second-order valence-corrected chi connectivity index (χ2v) is 4.61. The van der Waals surface area contributed by atoms with Gasteiger partial charge in [0.15, 0.2) is 25.5 Å². The molecule has 1 heterocycles. The molecule has 1 saturated heterocycles. The molecule has 1 fully saturated rings. The summed E-state index contributed by atoms with van der Waals surface area (Å²) in [6.07, 6.45) is 2.58. The molecule has 0 amide bonds. The lowest BCUT2D eigenvalue weighted by atomic mass is 10.4. The van der Waals surface area contributed by atoms with Crippen molar-refractivity contribution in [3.8, 4) is 0 Å². The lowest BCUT2D eigenvalue weighted by Crippen LogP contribution is -2.67. The second kappa shape index (κ2) is 11.3. The first kappa shape index (κ1) is 20.8. The summed E-state index contributed by atoms with van der Waals surface area (Å²) in [6.45, 7) is -0.856. The molecular formula is C13H25N6O6+. The number of rotatable bonds is 9. The van der Waals surface area contributed by atoms with Gasteiger partial charge in [0.2, 0.25) is 0 Å². The van der Waals surface area contributed by atoms with Crippen LogP contribution in [0.4, 0.5) is 0 Å². The Labute approximate surface area is 145 Å². The smallest absolute Gasteiger partial charge is 0.329 e. The maximum absolute atomic E-state index is 9.84. The molecule has 1 rings (SSSR count). The first-order valence-electron chi connectivity index (χ1n) is 7.20. The Bertz CT molecular complexity index is 467. The van der Waals surface area contributed by atoms with Gasteiger partial charge in [0.1, 0.15) is 13.5 Å². The van der Waals surface area contributed by atoms with Crippen LogP contribution in [-0.4, -0.2) is 111 Å². The van der Waals surface area contributed by atoms with Crippen LogP contribution >= 0.6 is 0 Å². The van der Waals surface area contributed by atoms with E-state index in [2.05, 4.69) is 15.0 Å². The molecule has 12 heteroatoms. The van der Waals surface area contributed by atoms with Gasteiger partial charge in [-0.05, 0) is 0 Å². The fraction of sp³-hybridized carbons (Fsp3) is 0.692. The van der Waals surface area contributed by atoms with Crippen molar-refractivity contribution in [3.63, 3.8) is 0 Å². The maximum Gasteiger partial charge on any atom is 0.329 e. The van der Waals surface area contributed by atoms with Gasteiger partial charge in [0.25, 0.3) is 0 Å². The Hall–Kier alpha value is -2.28. The summed E-state index contributed by atoms with van der Waals surface area (Å²) in [5, 5.41) is 19.7. The molecule has 0 saturated carbocycles. The van der Waals surface area contributed by atoms with E-state index in [-0.39, 0.29) is 0 Å². The van der Waals surface area contributed by atoms with E-state index in [1.165, 1.54) is 68.4 Å². The number of nitrogens with zero attached hydrogens (tertiary/aromatic N) is 6. The van der Waals surface area contributed by atoms with Crippen LogP contribution < -0.4 is 0 Å². The van der Waals surface area contributed by atoms with Crippen LogP contribution in [-0.2, 0) is 18.9 Å². The van der Waals surface area contributed by atoms with Crippen molar-refractivity contribution in [1.29, 1.82) is 0 Å². The molecule has 0 aromatic heterocycles. The summed E-state index contributed by atoms with van der Waals surface area (Å²) in [4.78, 5) is 15.6. The number of aliphatic hydroxyl groups excluding tert-OH is 2. The molecule has 0 spiro atoms. The molecule has 0 aliphatic carbocycles. The van der Waals surface area contributed by atoms with Gasteiger partial charge in [-0.2, -0.15) is 19.8 Å². The number of methoxy groups -OCH3 is 4. The van der Waals surface area contributed by atoms with Crippen LogP contribution in [0.15, 0.2) is 15.0 Å². The first-order valence-corrected chi connectivity index (χ1v) is 7.20. The Balaban J connectivity index is 3.45. The minimum absolute atomic E-state index is 0.428. The number of hydrogen-bond acceptors (Lipinski definition) is 11. The molecule has 1 aliphatic rings. The average Bonchev–Trinajstić information content (AvgIpc) is 2.63. The highest BCUT2D eigenvalue weighted by molar-refractivity contribution is 5.48. The number of ether oxygens (including phenoxy) is 4. The van der Waals surface area contributed by atoms with Crippen molar-refractivity contribution in [2.75, 3.05) is 41.9 Å². The largest absolute Gasteiger partial charge is 0.487 e. The van der Waals surface area contributed by atoms with Gasteiger partial charge < -0.3 is 29.2 Å². The number of aliphatic hydroxyl groups is 2. The second-order valence-electron chi connectivity index (χ2n) is 4.61. The summed E-state index contributed by atoms with van der Waals surface area (Å²) in [5.41, 5.74) is 0. The van der Waals surface area contributed by atoms with Gasteiger partial charge in [0, 0.05) is 0 Å². The highest BCUT2D eigenvalue weighted by Crippen LogP contribution is 2.24. The average molecular weight is 361 g/mol. The lowest BCUT2D eigenvalue weighted by Gasteiger charge is -2.41. The monoisotopic (exact) mass is 361 g/mol. The van der Waals surface area contributed by atoms with Crippen molar-refractivity contribution in [2.24, 2.45) is 15.0 Å². The van der Waals surface area contributed by atoms with Crippen LogP contribution in [0, 0.1) is 0 Å². The van der Waals surface area contributed by atoms with Crippen LogP contribution in [0.25, 0.3) is 0 Å². The third-order valence-electron chi connectivity index (χ3n) is 3.17. The molecular weight excluding hydrogens is 336 g/mol. The number of aliphatic imine (C=N–C) groups is 3. The molecule has 25 heavy (non-hydrogen) atoms. The Morgan fingerprint density at radius 1 is 0.800 bits per heavy atom. The fourth-order valence-electron chi connectivity index (χ4n) is 2.26. The predicted octanol–water partition coefficient (Wildman–Crippen LogP) is -1.93. The summed E-state index contributed by atoms with van der Waals surface area (Å²) in [6, 6.07) is 0. The van der Waals surface area contributed by atoms with Gasteiger partial charge in [0.05, 0.1) is 28.4 Å². The van der Waals surface area contributed by atoms with Crippen LogP contribution in [0.1, 0.15) is 0 Å². The zero-order valence-electron chi connectivity index (χ0n) is 14.7. The topological polar surface area (TPSA) is 124 Å². The molecule has 2 unspecified atom stereocenters. The van der Waals surface area contributed by atoms with E-state index in [1.807, 2.05) is 0 Å². The highest BCUT2D eigenvalue weighted by Gasteiger charge is 2.50. The SMILES string of the molecule is COC=NC1N(CO)C(N=COC)[N+](=COC)C(N=COC)N1CO.